The van der Waals surface area contributed by atoms with E-state index >= 15 is 0 Å². The molecule has 6 heteroatoms. The molecule has 0 aromatic rings. The summed E-state index contributed by atoms with van der Waals surface area (Å²) in [6, 6.07) is 0.807. The Hall–Kier alpha value is -0.170. The SMILES string of the molecule is Br.CCCC(=O)OC1C([N+]2(C)CCCCCC2)C[C@H]2[C@@H]3CCC4CC(O)C(N5CCCCC5)C[C@]4(C)[C@@H]3CC[C@]12C. The van der Waals surface area contributed by atoms with Gasteiger partial charge in [0.15, 0.2) is 6.10 Å². The van der Waals surface area contributed by atoms with Gasteiger partial charge in [0.1, 0.15) is 6.04 Å². The Labute approximate surface area is 261 Å². The number of halogens is 1. The van der Waals surface area contributed by atoms with Crippen molar-refractivity contribution in [2.24, 2.45) is 34.5 Å². The quantitative estimate of drug-likeness (QED) is 0.257. The van der Waals surface area contributed by atoms with Crippen LogP contribution in [0.1, 0.15) is 124 Å². The second kappa shape index (κ2) is 12.7. The van der Waals surface area contributed by atoms with E-state index in [9.17, 15) is 9.90 Å². The Balaban J connectivity index is 0.00000337. The predicted molar refractivity (Wildman–Crippen MR) is 171 cm³/mol. The van der Waals surface area contributed by atoms with Crippen LogP contribution in [0.25, 0.3) is 0 Å². The first-order valence-electron chi connectivity index (χ1n) is 17.7. The normalized spacial score (nSPS) is 46.3. The molecule has 6 aliphatic rings. The van der Waals surface area contributed by atoms with E-state index < -0.39 is 0 Å². The zero-order valence-corrected chi connectivity index (χ0v) is 28.5. The predicted octanol–water partition coefficient (Wildman–Crippen LogP) is 7.14. The first-order chi connectivity index (χ1) is 19.2. The maximum absolute atomic E-state index is 13.1. The number of quaternary nitrogens is 1. The van der Waals surface area contributed by atoms with E-state index in [1.165, 1.54) is 110 Å². The number of fused-ring (bicyclic) bond motifs is 5. The van der Waals surface area contributed by atoms with Gasteiger partial charge in [0.05, 0.1) is 26.2 Å². The molecule has 2 heterocycles. The average molecular weight is 639 g/mol. The van der Waals surface area contributed by atoms with E-state index in [4.69, 9.17) is 4.74 Å². The van der Waals surface area contributed by atoms with Crippen LogP contribution in [-0.4, -0.2) is 78.0 Å². The van der Waals surface area contributed by atoms with Crippen LogP contribution in [0.15, 0.2) is 0 Å². The number of piperidine rings is 1. The molecule has 1 N–H and O–H groups in total. The number of carbonyl (C=O) groups excluding carboxylic acids is 1. The lowest BCUT2D eigenvalue weighted by Crippen LogP contribution is -2.61. The molecule has 6 rings (SSSR count). The Kier molecular flexibility index (Phi) is 9.96. The maximum atomic E-state index is 13.1. The van der Waals surface area contributed by atoms with Gasteiger partial charge >= 0.3 is 5.97 Å². The van der Waals surface area contributed by atoms with E-state index in [2.05, 4.69) is 32.7 Å². The van der Waals surface area contributed by atoms with Gasteiger partial charge in [-0.25, -0.2) is 0 Å². The highest BCUT2D eigenvalue weighted by atomic mass is 79.9. The molecule has 4 saturated carbocycles. The number of hydrogen-bond acceptors (Lipinski definition) is 4. The van der Waals surface area contributed by atoms with E-state index in [1.807, 2.05) is 0 Å². The smallest absolute Gasteiger partial charge is 0.306 e. The van der Waals surface area contributed by atoms with Crippen LogP contribution in [0.2, 0.25) is 0 Å². The van der Waals surface area contributed by atoms with Crippen molar-refractivity contribution in [1.29, 1.82) is 0 Å². The van der Waals surface area contributed by atoms with E-state index in [1.54, 1.807) is 0 Å². The molecule has 5 nitrogen and oxygen atoms in total. The zero-order chi connectivity index (χ0) is 28.1. The molecule has 0 spiro atoms. The molecular weight excluding hydrogens is 576 g/mol. The van der Waals surface area contributed by atoms with Gasteiger partial charge in [0.25, 0.3) is 0 Å². The molecule has 2 saturated heterocycles. The fraction of sp³-hybridized carbons (Fsp3) is 0.971. The third-order valence-corrected chi connectivity index (χ3v) is 14.1. The minimum Gasteiger partial charge on any atom is -0.455 e. The van der Waals surface area contributed by atoms with Gasteiger partial charge in [-0.05, 0) is 126 Å². The number of esters is 1. The molecule has 41 heavy (non-hydrogen) atoms. The highest BCUT2D eigenvalue weighted by Gasteiger charge is 2.67. The summed E-state index contributed by atoms with van der Waals surface area (Å²) in [5.74, 6) is 2.87. The number of nitrogens with zero attached hydrogens (tertiary/aromatic N) is 2. The van der Waals surface area contributed by atoms with Gasteiger partial charge in [-0.2, -0.15) is 0 Å². The number of rotatable bonds is 5. The molecule has 2 aliphatic heterocycles. The Morgan fingerprint density at radius 1 is 0.927 bits per heavy atom. The Bertz CT molecular complexity index is 902. The van der Waals surface area contributed by atoms with Crippen molar-refractivity contribution in [3.8, 4) is 0 Å². The van der Waals surface area contributed by atoms with Crippen molar-refractivity contribution >= 4 is 23.0 Å². The van der Waals surface area contributed by atoms with Crippen LogP contribution in [-0.2, 0) is 9.53 Å². The molecule has 6 fully saturated rings. The summed E-state index contributed by atoms with van der Waals surface area (Å²) >= 11 is 0. The summed E-state index contributed by atoms with van der Waals surface area (Å²) in [5, 5.41) is 11.4. The summed E-state index contributed by atoms with van der Waals surface area (Å²) in [4.78, 5) is 15.8. The lowest BCUT2D eigenvalue weighted by Gasteiger charge is -2.62. The molecule has 0 aromatic carbocycles. The van der Waals surface area contributed by atoms with Crippen LogP contribution < -0.4 is 0 Å². The van der Waals surface area contributed by atoms with Gasteiger partial charge in [-0.3, -0.25) is 9.69 Å². The summed E-state index contributed by atoms with van der Waals surface area (Å²) in [5.41, 5.74) is 0.436. The Morgan fingerprint density at radius 3 is 2.29 bits per heavy atom. The molecule has 0 radical (unpaired) electrons. The molecule has 0 bridgehead atoms. The second-order valence-electron chi connectivity index (χ2n) is 16.2. The van der Waals surface area contributed by atoms with E-state index in [-0.39, 0.29) is 40.6 Å². The van der Waals surface area contributed by atoms with E-state index in [0.29, 0.717) is 35.8 Å². The van der Waals surface area contributed by atoms with Crippen molar-refractivity contribution in [3.63, 3.8) is 0 Å². The van der Waals surface area contributed by atoms with Crippen LogP contribution >= 0.6 is 17.0 Å². The molecule has 236 valence electrons. The van der Waals surface area contributed by atoms with E-state index in [0.717, 1.165) is 29.2 Å². The Morgan fingerprint density at radius 2 is 1.61 bits per heavy atom. The van der Waals surface area contributed by atoms with Crippen LogP contribution in [0.5, 0.6) is 0 Å². The largest absolute Gasteiger partial charge is 0.455 e. The molecule has 0 amide bonds. The van der Waals surface area contributed by atoms with Gasteiger partial charge in [-0.1, -0.05) is 27.2 Å². The average Bonchev–Trinajstić information content (AvgIpc) is 3.07. The van der Waals surface area contributed by atoms with Crippen molar-refractivity contribution in [2.75, 3.05) is 33.2 Å². The number of aliphatic hydroxyl groups is 1. The van der Waals surface area contributed by atoms with Gasteiger partial charge in [0, 0.05) is 24.3 Å². The number of carbonyl (C=O) groups is 1. The van der Waals surface area contributed by atoms with Crippen molar-refractivity contribution < 1.29 is 19.1 Å². The maximum Gasteiger partial charge on any atom is 0.306 e. The lowest BCUT2D eigenvalue weighted by atomic mass is 9.44. The molecule has 0 aromatic heterocycles. The standard InChI is InChI=1S/C35H61N2O3.BrH/c1-5-13-32(39)40-33-30(37(4)20-11-6-7-12-21-37)23-28-26-15-14-25-22-31(38)29(36-18-9-8-10-19-36)24-35(25,3)27(26)16-17-34(28,33)2;/h25-31,33,38H,5-24H2,1-4H3;1H/q+1;/t25?,26-,27-,28+,29?,30?,31?,33?,34+,35+;/m1./s1. The first kappa shape index (κ1) is 32.2. The summed E-state index contributed by atoms with van der Waals surface area (Å²) in [6.45, 7) is 12.1. The number of ether oxygens (including phenoxy) is 1. The number of likely N-dealkylation sites (tertiary alicyclic amines) is 2. The first-order valence-corrected chi connectivity index (χ1v) is 17.7. The fourth-order valence-corrected chi connectivity index (χ4v) is 11.8. The van der Waals surface area contributed by atoms with Crippen molar-refractivity contribution in [3.05, 3.63) is 0 Å². The monoisotopic (exact) mass is 637 g/mol. The summed E-state index contributed by atoms with van der Waals surface area (Å²) in [7, 11) is 2.51. The lowest BCUT2D eigenvalue weighted by molar-refractivity contribution is -0.935. The summed E-state index contributed by atoms with van der Waals surface area (Å²) in [6.07, 6.45) is 19.2. The fourth-order valence-electron chi connectivity index (χ4n) is 11.8. The highest BCUT2D eigenvalue weighted by Crippen LogP contribution is 2.67. The van der Waals surface area contributed by atoms with Crippen molar-refractivity contribution in [1.82, 2.24) is 4.90 Å². The van der Waals surface area contributed by atoms with Gasteiger partial charge in [-0.15, -0.1) is 17.0 Å². The summed E-state index contributed by atoms with van der Waals surface area (Å²) < 4.78 is 7.75. The van der Waals surface area contributed by atoms with Crippen molar-refractivity contribution in [2.45, 2.75) is 148 Å². The molecular formula is C35H62BrN2O3+. The van der Waals surface area contributed by atoms with Crippen LogP contribution in [0.4, 0.5) is 0 Å². The third-order valence-electron chi connectivity index (χ3n) is 14.1. The number of aliphatic hydroxyl groups excluding tert-OH is 1. The molecule has 10 atom stereocenters. The minimum atomic E-state index is -0.146. The zero-order valence-electron chi connectivity index (χ0n) is 26.8. The van der Waals surface area contributed by atoms with Gasteiger partial charge < -0.3 is 14.3 Å². The molecule has 5 unspecified atom stereocenters. The van der Waals surface area contributed by atoms with Gasteiger partial charge in [0.2, 0.25) is 0 Å². The molecule has 4 aliphatic carbocycles. The van der Waals surface area contributed by atoms with Crippen LogP contribution in [0.3, 0.4) is 0 Å². The van der Waals surface area contributed by atoms with Crippen LogP contribution in [0, 0.1) is 34.5 Å². The number of hydrogen-bond donors (Lipinski definition) is 1. The minimum absolute atomic E-state index is 0. The number of likely N-dealkylation sites (N-methyl/N-ethyl adjacent to an activating group) is 1. The topological polar surface area (TPSA) is 49.8 Å². The highest BCUT2D eigenvalue weighted by molar-refractivity contribution is 8.93. The third kappa shape index (κ3) is 5.72. The second-order valence-corrected chi connectivity index (χ2v) is 16.2.